The van der Waals surface area contributed by atoms with Crippen LogP contribution in [0.2, 0.25) is 0 Å². The maximum absolute atomic E-state index is 12.5. The fourth-order valence-corrected chi connectivity index (χ4v) is 4.74. The van der Waals surface area contributed by atoms with Crippen LogP contribution in [0, 0.1) is 0 Å². The maximum atomic E-state index is 12.5. The van der Waals surface area contributed by atoms with Gasteiger partial charge in [0.05, 0.1) is 0 Å². The highest BCUT2D eigenvalue weighted by Gasteiger charge is 2.14. The van der Waals surface area contributed by atoms with Crippen molar-refractivity contribution >= 4 is 17.8 Å². The molecular formula is C33H61NO5. The van der Waals surface area contributed by atoms with Crippen LogP contribution in [0.4, 0.5) is 0 Å². The van der Waals surface area contributed by atoms with E-state index < -0.39 is 5.97 Å². The molecule has 0 aliphatic carbocycles. The molecule has 0 aromatic heterocycles. The summed E-state index contributed by atoms with van der Waals surface area (Å²) in [5.74, 6) is -1.28. The molecular weight excluding hydrogens is 490 g/mol. The molecule has 0 aliphatic heterocycles. The molecule has 0 saturated heterocycles. The Hall–Kier alpha value is -1.85. The van der Waals surface area contributed by atoms with Crippen molar-refractivity contribution in [3.63, 3.8) is 0 Å². The number of nitrogens with one attached hydrogen (secondary N) is 1. The SMILES string of the molecule is CCCCCCC/C=C\CCCCCCCC(=O)OC(CCCCCC)CCCCCCC(=O)NCC(=O)O. The van der Waals surface area contributed by atoms with Crippen molar-refractivity contribution in [2.24, 2.45) is 0 Å². The second kappa shape index (κ2) is 29.1. The number of esters is 1. The molecule has 0 aromatic rings. The van der Waals surface area contributed by atoms with Crippen molar-refractivity contribution < 1.29 is 24.2 Å². The normalized spacial score (nSPS) is 12.1. The van der Waals surface area contributed by atoms with E-state index in [0.717, 1.165) is 57.8 Å². The molecule has 39 heavy (non-hydrogen) atoms. The van der Waals surface area contributed by atoms with Gasteiger partial charge in [0.15, 0.2) is 0 Å². The van der Waals surface area contributed by atoms with Gasteiger partial charge in [-0.05, 0) is 64.2 Å². The van der Waals surface area contributed by atoms with Crippen LogP contribution in [0.15, 0.2) is 12.2 Å². The third-order valence-corrected chi connectivity index (χ3v) is 7.19. The monoisotopic (exact) mass is 551 g/mol. The van der Waals surface area contributed by atoms with Gasteiger partial charge in [0.25, 0.3) is 0 Å². The zero-order valence-electron chi connectivity index (χ0n) is 25.5. The second-order valence-corrected chi connectivity index (χ2v) is 11.1. The fraction of sp³-hybridized carbons (Fsp3) is 0.848. The first-order valence-corrected chi connectivity index (χ1v) is 16.3. The Balaban J connectivity index is 3.93. The van der Waals surface area contributed by atoms with E-state index in [1.165, 1.54) is 83.5 Å². The molecule has 0 aromatic carbocycles. The summed E-state index contributed by atoms with van der Waals surface area (Å²) in [6.07, 6.45) is 30.6. The van der Waals surface area contributed by atoms with Gasteiger partial charge < -0.3 is 15.2 Å². The van der Waals surface area contributed by atoms with Crippen LogP contribution in [0.3, 0.4) is 0 Å². The minimum absolute atomic E-state index is 0.00616. The molecule has 0 heterocycles. The highest BCUT2D eigenvalue weighted by Crippen LogP contribution is 2.18. The number of carboxylic acids is 1. The molecule has 6 heteroatoms. The zero-order valence-corrected chi connectivity index (χ0v) is 25.5. The van der Waals surface area contributed by atoms with E-state index in [9.17, 15) is 14.4 Å². The van der Waals surface area contributed by atoms with Gasteiger partial charge >= 0.3 is 11.9 Å². The van der Waals surface area contributed by atoms with Gasteiger partial charge in [-0.15, -0.1) is 0 Å². The fourth-order valence-electron chi connectivity index (χ4n) is 4.74. The van der Waals surface area contributed by atoms with Gasteiger partial charge in [-0.3, -0.25) is 14.4 Å². The van der Waals surface area contributed by atoms with Gasteiger partial charge in [0.1, 0.15) is 12.6 Å². The van der Waals surface area contributed by atoms with Crippen molar-refractivity contribution in [1.29, 1.82) is 0 Å². The van der Waals surface area contributed by atoms with E-state index in [4.69, 9.17) is 9.84 Å². The highest BCUT2D eigenvalue weighted by molar-refractivity contribution is 5.80. The van der Waals surface area contributed by atoms with E-state index in [0.29, 0.717) is 12.8 Å². The van der Waals surface area contributed by atoms with Crippen LogP contribution >= 0.6 is 0 Å². The molecule has 0 aliphatic rings. The molecule has 0 bridgehead atoms. The number of hydrogen-bond donors (Lipinski definition) is 2. The maximum Gasteiger partial charge on any atom is 0.322 e. The van der Waals surface area contributed by atoms with E-state index in [-0.39, 0.29) is 24.5 Å². The lowest BCUT2D eigenvalue weighted by Crippen LogP contribution is -2.28. The van der Waals surface area contributed by atoms with Gasteiger partial charge in [0, 0.05) is 12.8 Å². The molecule has 0 fully saturated rings. The number of unbranched alkanes of at least 4 members (excludes halogenated alkanes) is 16. The number of carboxylic acid groups (broad SMARTS) is 1. The van der Waals surface area contributed by atoms with Crippen molar-refractivity contribution in [2.45, 2.75) is 174 Å². The summed E-state index contributed by atoms with van der Waals surface area (Å²) in [4.78, 5) is 34.5. The Labute approximate surface area is 240 Å². The highest BCUT2D eigenvalue weighted by atomic mass is 16.5. The number of rotatable bonds is 29. The molecule has 2 N–H and O–H groups in total. The van der Waals surface area contributed by atoms with Gasteiger partial charge in [-0.2, -0.15) is 0 Å². The molecule has 6 nitrogen and oxygen atoms in total. The van der Waals surface area contributed by atoms with E-state index >= 15 is 0 Å². The lowest BCUT2D eigenvalue weighted by Gasteiger charge is -2.18. The van der Waals surface area contributed by atoms with Gasteiger partial charge in [-0.1, -0.05) is 103 Å². The first-order chi connectivity index (χ1) is 19.0. The molecule has 0 saturated carbocycles. The predicted octanol–water partition coefficient (Wildman–Crippen LogP) is 9.06. The molecule has 0 radical (unpaired) electrons. The van der Waals surface area contributed by atoms with Crippen molar-refractivity contribution in [3.8, 4) is 0 Å². The third kappa shape index (κ3) is 29.0. The number of hydrogen-bond acceptors (Lipinski definition) is 4. The summed E-state index contributed by atoms with van der Waals surface area (Å²) in [5.41, 5.74) is 0. The van der Waals surface area contributed by atoms with Gasteiger partial charge in [0.2, 0.25) is 5.91 Å². The van der Waals surface area contributed by atoms with E-state index in [1.807, 2.05) is 0 Å². The minimum atomic E-state index is -1.02. The van der Waals surface area contributed by atoms with Crippen molar-refractivity contribution in [1.82, 2.24) is 5.32 Å². The first kappa shape index (κ1) is 37.1. The summed E-state index contributed by atoms with van der Waals surface area (Å²) in [5, 5.41) is 11.0. The molecule has 0 spiro atoms. The number of carbonyl (C=O) groups is 3. The van der Waals surface area contributed by atoms with E-state index in [1.54, 1.807) is 0 Å². The smallest absolute Gasteiger partial charge is 0.322 e. The lowest BCUT2D eigenvalue weighted by atomic mass is 10.0. The first-order valence-electron chi connectivity index (χ1n) is 16.3. The topological polar surface area (TPSA) is 92.7 Å². The number of carbonyl (C=O) groups excluding carboxylic acids is 2. The van der Waals surface area contributed by atoms with Crippen LogP contribution in [0.5, 0.6) is 0 Å². The van der Waals surface area contributed by atoms with Crippen LogP contribution in [0.1, 0.15) is 168 Å². The predicted molar refractivity (Wildman–Crippen MR) is 162 cm³/mol. The Morgan fingerprint density at radius 3 is 1.67 bits per heavy atom. The van der Waals surface area contributed by atoms with Crippen molar-refractivity contribution in [3.05, 3.63) is 12.2 Å². The minimum Gasteiger partial charge on any atom is -0.480 e. The quantitative estimate of drug-likeness (QED) is 0.0549. The summed E-state index contributed by atoms with van der Waals surface area (Å²) in [6.45, 7) is 4.14. The summed E-state index contributed by atoms with van der Waals surface area (Å²) in [6, 6.07) is 0. The van der Waals surface area contributed by atoms with Crippen LogP contribution < -0.4 is 5.32 Å². The Morgan fingerprint density at radius 2 is 1.10 bits per heavy atom. The van der Waals surface area contributed by atoms with Crippen LogP contribution in [-0.2, 0) is 19.1 Å². The summed E-state index contributed by atoms with van der Waals surface area (Å²) in [7, 11) is 0. The Kier molecular flexibility index (Phi) is 27.8. The van der Waals surface area contributed by atoms with Crippen LogP contribution in [-0.4, -0.2) is 35.6 Å². The largest absolute Gasteiger partial charge is 0.480 e. The number of amides is 1. The zero-order chi connectivity index (χ0) is 28.8. The average Bonchev–Trinajstić information content (AvgIpc) is 2.91. The molecule has 1 unspecified atom stereocenters. The third-order valence-electron chi connectivity index (χ3n) is 7.19. The Morgan fingerprint density at radius 1 is 0.641 bits per heavy atom. The number of aliphatic carboxylic acids is 1. The second-order valence-electron chi connectivity index (χ2n) is 11.1. The molecule has 1 atom stereocenters. The summed E-state index contributed by atoms with van der Waals surface area (Å²) >= 11 is 0. The average molecular weight is 552 g/mol. The molecule has 1 amide bonds. The lowest BCUT2D eigenvalue weighted by molar-refractivity contribution is -0.150. The summed E-state index contributed by atoms with van der Waals surface area (Å²) < 4.78 is 5.88. The standard InChI is InChI=1S/C33H61NO5/c1-3-5-7-9-10-11-12-13-14-15-16-17-18-24-28-33(38)39-30(25-21-8-6-4-2)26-22-19-20-23-27-31(35)34-29-32(36)37/h12-13,30H,3-11,14-29H2,1-2H3,(H,34,35)(H,36,37)/b13-12-. The number of allylic oxidation sites excluding steroid dienone is 2. The molecule has 0 rings (SSSR count). The number of ether oxygens (including phenoxy) is 1. The van der Waals surface area contributed by atoms with Crippen LogP contribution in [0.25, 0.3) is 0 Å². The van der Waals surface area contributed by atoms with Crippen molar-refractivity contribution in [2.75, 3.05) is 6.54 Å². The van der Waals surface area contributed by atoms with Gasteiger partial charge in [-0.25, -0.2) is 0 Å². The Bertz CT molecular complexity index is 619. The van der Waals surface area contributed by atoms with E-state index in [2.05, 4.69) is 31.3 Å². The molecule has 228 valence electrons.